The molecular weight excluding hydrogens is 346 g/mol. The second kappa shape index (κ2) is 6.40. The lowest BCUT2D eigenvalue weighted by molar-refractivity contribution is 0.192. The van der Waals surface area contributed by atoms with E-state index < -0.39 is 22.1 Å². The van der Waals surface area contributed by atoms with E-state index in [1.807, 2.05) is 30.3 Å². The van der Waals surface area contributed by atoms with E-state index in [0.717, 1.165) is 27.9 Å². The minimum atomic E-state index is -3.66. The Morgan fingerprint density at radius 1 is 1.32 bits per heavy atom. The first kappa shape index (κ1) is 17.3. The molecule has 4 amide bonds. The first-order valence-corrected chi connectivity index (χ1v) is 9.67. The zero-order valence-electron chi connectivity index (χ0n) is 13.9. The van der Waals surface area contributed by atoms with Crippen LogP contribution < -0.4 is 5.32 Å². The van der Waals surface area contributed by atoms with Crippen LogP contribution in [0, 0.1) is 0 Å². The number of hydrogen-bond acceptors (Lipinski definition) is 5. The summed E-state index contributed by atoms with van der Waals surface area (Å²) in [6.07, 6.45) is 1.40. The number of imide groups is 1. The summed E-state index contributed by atoms with van der Waals surface area (Å²) in [5, 5.41) is 3.68. The number of amides is 4. The smallest absolute Gasteiger partial charge is 0.341 e. The van der Waals surface area contributed by atoms with Crippen LogP contribution in [-0.4, -0.2) is 55.1 Å². The van der Waals surface area contributed by atoms with Gasteiger partial charge in [-0.15, -0.1) is 0 Å². The first-order chi connectivity index (χ1) is 11.8. The summed E-state index contributed by atoms with van der Waals surface area (Å²) in [6.45, 7) is 1.80. The Balaban J connectivity index is 1.62. The Labute approximate surface area is 145 Å². The van der Waals surface area contributed by atoms with Gasteiger partial charge in [0.1, 0.15) is 11.3 Å². The number of carbonyl (C=O) groups excluding carboxylic acids is 2. The number of hydrogen-bond donors (Lipinski definition) is 1. The van der Waals surface area contributed by atoms with Crippen LogP contribution in [0.4, 0.5) is 9.59 Å². The molecular formula is C16H19N3O5S. The van der Waals surface area contributed by atoms with Crippen LogP contribution >= 0.6 is 0 Å². The lowest BCUT2D eigenvalue weighted by Gasteiger charge is -2.19. The average Bonchev–Trinajstić information content (AvgIpc) is 3.08. The molecule has 134 valence electrons. The second-order valence-corrected chi connectivity index (χ2v) is 7.98. The number of rotatable bonds is 4. The summed E-state index contributed by atoms with van der Waals surface area (Å²) < 4.78 is 29.4. The molecule has 2 aromatic rings. The number of nitrogens with zero attached hydrogens (tertiary/aromatic N) is 2. The fourth-order valence-electron chi connectivity index (χ4n) is 2.79. The fourth-order valence-corrected chi connectivity index (χ4v) is 3.59. The molecule has 0 aliphatic carbocycles. The number of carbonyl (C=O) groups is 2. The number of benzene rings is 1. The number of furan rings is 1. The van der Waals surface area contributed by atoms with Crippen LogP contribution in [0.5, 0.6) is 0 Å². The van der Waals surface area contributed by atoms with Gasteiger partial charge >= 0.3 is 12.1 Å². The highest BCUT2D eigenvalue weighted by Crippen LogP contribution is 2.20. The molecule has 1 aliphatic rings. The molecule has 0 unspecified atom stereocenters. The van der Waals surface area contributed by atoms with Crippen LogP contribution in [0.2, 0.25) is 0 Å². The topological polar surface area (TPSA) is 99.9 Å². The lowest BCUT2D eigenvalue weighted by Crippen LogP contribution is -2.46. The van der Waals surface area contributed by atoms with E-state index in [4.69, 9.17) is 4.42 Å². The third-order valence-electron chi connectivity index (χ3n) is 3.97. The molecule has 1 aromatic carbocycles. The Morgan fingerprint density at radius 3 is 2.68 bits per heavy atom. The predicted octanol–water partition coefficient (Wildman–Crippen LogP) is 1.77. The maximum Gasteiger partial charge on any atom is 0.341 e. The largest absolute Gasteiger partial charge is 0.461 e. The third-order valence-corrected chi connectivity index (χ3v) is 5.11. The van der Waals surface area contributed by atoms with Gasteiger partial charge in [0.25, 0.3) is 0 Å². The molecule has 0 spiro atoms. The summed E-state index contributed by atoms with van der Waals surface area (Å²) >= 11 is 0. The van der Waals surface area contributed by atoms with Crippen molar-refractivity contribution in [1.29, 1.82) is 0 Å². The number of sulfonamides is 1. The summed E-state index contributed by atoms with van der Waals surface area (Å²) in [4.78, 5) is 25.2. The Kier molecular flexibility index (Phi) is 4.42. The van der Waals surface area contributed by atoms with Gasteiger partial charge in [0.2, 0.25) is 10.0 Å². The molecule has 1 aromatic heterocycles. The van der Waals surface area contributed by atoms with E-state index in [2.05, 4.69) is 5.32 Å². The van der Waals surface area contributed by atoms with Gasteiger partial charge in [-0.3, -0.25) is 0 Å². The monoisotopic (exact) mass is 365 g/mol. The zero-order chi connectivity index (χ0) is 18.2. The van der Waals surface area contributed by atoms with Crippen molar-refractivity contribution in [3.05, 3.63) is 36.1 Å². The van der Waals surface area contributed by atoms with Crippen LogP contribution in [0.1, 0.15) is 12.7 Å². The van der Waals surface area contributed by atoms with Crippen molar-refractivity contribution < 1.29 is 22.4 Å². The SMILES string of the molecule is C[C@H](Cc1cc2ccccc2o1)NC(=O)N1CCN(S(C)(=O)=O)C1=O. The van der Waals surface area contributed by atoms with Gasteiger partial charge < -0.3 is 9.73 Å². The first-order valence-electron chi connectivity index (χ1n) is 7.83. The van der Waals surface area contributed by atoms with Crippen molar-refractivity contribution in [2.24, 2.45) is 0 Å². The van der Waals surface area contributed by atoms with E-state index in [-0.39, 0.29) is 19.1 Å². The molecule has 0 radical (unpaired) electrons. The summed E-state index contributed by atoms with van der Waals surface area (Å²) in [6, 6.07) is 7.79. The van der Waals surface area contributed by atoms with Crippen molar-refractivity contribution in [3.63, 3.8) is 0 Å². The van der Waals surface area contributed by atoms with Gasteiger partial charge in [0.05, 0.1) is 19.3 Å². The van der Waals surface area contributed by atoms with Crippen LogP contribution in [0.15, 0.2) is 34.7 Å². The molecule has 0 bridgehead atoms. The molecule has 25 heavy (non-hydrogen) atoms. The van der Waals surface area contributed by atoms with E-state index in [0.29, 0.717) is 10.7 Å². The number of para-hydroxylation sites is 1. The van der Waals surface area contributed by atoms with E-state index >= 15 is 0 Å². The highest BCUT2D eigenvalue weighted by Gasteiger charge is 2.38. The maximum absolute atomic E-state index is 12.2. The number of nitrogens with one attached hydrogen (secondary N) is 1. The van der Waals surface area contributed by atoms with Crippen molar-refractivity contribution in [3.8, 4) is 0 Å². The molecule has 1 atom stereocenters. The normalized spacial score (nSPS) is 16.5. The van der Waals surface area contributed by atoms with Gasteiger partial charge in [0.15, 0.2) is 0 Å². The van der Waals surface area contributed by atoms with Crippen LogP contribution in [-0.2, 0) is 16.4 Å². The minimum Gasteiger partial charge on any atom is -0.461 e. The van der Waals surface area contributed by atoms with Gasteiger partial charge in [-0.1, -0.05) is 18.2 Å². The van der Waals surface area contributed by atoms with Crippen LogP contribution in [0.3, 0.4) is 0 Å². The van der Waals surface area contributed by atoms with Crippen molar-refractivity contribution in [2.45, 2.75) is 19.4 Å². The molecule has 1 N–H and O–H groups in total. The fraction of sp³-hybridized carbons (Fsp3) is 0.375. The molecule has 8 nitrogen and oxygen atoms in total. The van der Waals surface area contributed by atoms with Gasteiger partial charge in [-0.2, -0.15) is 0 Å². The van der Waals surface area contributed by atoms with Crippen molar-refractivity contribution in [1.82, 2.24) is 14.5 Å². The van der Waals surface area contributed by atoms with Crippen molar-refractivity contribution >= 4 is 33.1 Å². The highest BCUT2D eigenvalue weighted by atomic mass is 32.2. The van der Waals surface area contributed by atoms with E-state index in [9.17, 15) is 18.0 Å². The number of fused-ring (bicyclic) bond motifs is 1. The average molecular weight is 365 g/mol. The molecule has 9 heteroatoms. The quantitative estimate of drug-likeness (QED) is 0.890. The van der Waals surface area contributed by atoms with Crippen molar-refractivity contribution in [2.75, 3.05) is 19.3 Å². The highest BCUT2D eigenvalue weighted by molar-refractivity contribution is 7.88. The molecule has 1 saturated heterocycles. The Hall–Kier alpha value is -2.55. The molecule has 2 heterocycles. The lowest BCUT2D eigenvalue weighted by atomic mass is 10.2. The third kappa shape index (κ3) is 3.60. The molecule has 0 saturated carbocycles. The second-order valence-electron chi connectivity index (χ2n) is 6.07. The number of urea groups is 2. The molecule has 3 rings (SSSR count). The molecule has 1 aliphatic heterocycles. The van der Waals surface area contributed by atoms with E-state index in [1.54, 1.807) is 6.92 Å². The summed E-state index contributed by atoms with van der Waals surface area (Å²) in [5.74, 6) is 0.722. The van der Waals surface area contributed by atoms with Gasteiger partial charge in [-0.25, -0.2) is 27.2 Å². The van der Waals surface area contributed by atoms with Gasteiger partial charge in [0, 0.05) is 17.8 Å². The maximum atomic E-state index is 12.2. The van der Waals surface area contributed by atoms with Crippen LogP contribution in [0.25, 0.3) is 11.0 Å². The van der Waals surface area contributed by atoms with Gasteiger partial charge in [-0.05, 0) is 19.1 Å². The van der Waals surface area contributed by atoms with E-state index in [1.165, 1.54) is 0 Å². The summed E-state index contributed by atoms with van der Waals surface area (Å²) in [5.41, 5.74) is 0.773. The zero-order valence-corrected chi connectivity index (χ0v) is 14.7. The summed E-state index contributed by atoms with van der Waals surface area (Å²) in [7, 11) is -3.66. The standard InChI is InChI=1S/C16H19N3O5S/c1-11(9-13-10-12-5-3-4-6-14(12)24-13)17-15(20)18-7-8-19(16(18)21)25(2,22)23/h3-6,10-11H,7-9H2,1-2H3,(H,17,20)/t11-/m1/s1. The predicted molar refractivity (Wildman–Crippen MR) is 91.6 cm³/mol. The molecule has 1 fully saturated rings. The Bertz CT molecular complexity index is 888. The minimum absolute atomic E-state index is 0.0248. The Morgan fingerprint density at radius 2 is 2.04 bits per heavy atom.